The van der Waals surface area contributed by atoms with Crippen molar-refractivity contribution in [2.75, 3.05) is 23.7 Å². The summed E-state index contributed by atoms with van der Waals surface area (Å²) in [5.74, 6) is -0.568. The summed E-state index contributed by atoms with van der Waals surface area (Å²) in [5, 5.41) is 10.0. The van der Waals surface area contributed by atoms with Crippen LogP contribution in [0.2, 0.25) is 0 Å². The molecular weight excluding hydrogens is 260 g/mol. The van der Waals surface area contributed by atoms with E-state index in [2.05, 4.69) is 24.8 Å². The van der Waals surface area contributed by atoms with Crippen LogP contribution in [0.1, 0.15) is 41.9 Å². The molecule has 1 aromatic heterocycles. The lowest BCUT2D eigenvalue weighted by atomic mass is 9.84. The lowest BCUT2D eigenvalue weighted by Gasteiger charge is -2.38. The van der Waals surface area contributed by atoms with Crippen molar-refractivity contribution in [3.63, 3.8) is 0 Å². The first-order chi connectivity index (χ1) is 8.85. The van der Waals surface area contributed by atoms with E-state index in [4.69, 9.17) is 11.5 Å². The Kier molecular flexibility index (Phi) is 3.42. The fraction of sp³-hybridized carbons (Fsp3) is 0.538. The highest BCUT2D eigenvalue weighted by atomic mass is 32.1. The van der Waals surface area contributed by atoms with E-state index < -0.39 is 5.91 Å². The number of thiophene rings is 1. The van der Waals surface area contributed by atoms with Gasteiger partial charge in [-0.3, -0.25) is 4.79 Å². The number of amides is 1. The van der Waals surface area contributed by atoms with Gasteiger partial charge in [-0.25, -0.2) is 0 Å². The molecule has 1 aromatic rings. The van der Waals surface area contributed by atoms with Gasteiger partial charge in [-0.1, -0.05) is 13.8 Å². The van der Waals surface area contributed by atoms with Gasteiger partial charge in [0.05, 0.1) is 5.69 Å². The molecule has 1 aliphatic heterocycles. The predicted molar refractivity (Wildman–Crippen MR) is 77.2 cm³/mol. The van der Waals surface area contributed by atoms with Crippen LogP contribution < -0.4 is 16.4 Å². The average Bonchev–Trinajstić information content (AvgIpc) is 2.65. The third-order valence-electron chi connectivity index (χ3n) is 3.45. The standard InChI is InChI=1S/C13H18N4OS/c1-13(2)4-3-5-17(7-13)12-8(6-14)9(15)10(19-12)11(16)18/h3-5,7,15H2,1-2H3,(H2,16,18). The Balaban J connectivity index is 2.42. The first-order valence-electron chi connectivity index (χ1n) is 6.23. The summed E-state index contributed by atoms with van der Waals surface area (Å²) in [4.78, 5) is 13.8. The molecule has 0 atom stereocenters. The summed E-state index contributed by atoms with van der Waals surface area (Å²) in [6.45, 7) is 6.16. The summed E-state index contributed by atoms with van der Waals surface area (Å²) in [6.07, 6.45) is 2.23. The SMILES string of the molecule is CC1(C)CCCN(c2sc(C(N)=O)c(N)c2C#N)C1. The highest BCUT2D eigenvalue weighted by molar-refractivity contribution is 7.19. The third kappa shape index (κ3) is 2.51. The van der Waals surface area contributed by atoms with E-state index in [1.54, 1.807) is 0 Å². The zero-order valence-electron chi connectivity index (χ0n) is 11.2. The van der Waals surface area contributed by atoms with Crippen molar-refractivity contribution in [2.45, 2.75) is 26.7 Å². The largest absolute Gasteiger partial charge is 0.396 e. The van der Waals surface area contributed by atoms with Crippen molar-refractivity contribution in [3.05, 3.63) is 10.4 Å². The quantitative estimate of drug-likeness (QED) is 0.863. The van der Waals surface area contributed by atoms with Gasteiger partial charge < -0.3 is 16.4 Å². The van der Waals surface area contributed by atoms with Gasteiger partial charge in [-0.05, 0) is 18.3 Å². The van der Waals surface area contributed by atoms with E-state index in [1.807, 2.05) is 0 Å². The number of nitrogens with zero attached hydrogens (tertiary/aromatic N) is 2. The van der Waals surface area contributed by atoms with Gasteiger partial charge in [0.2, 0.25) is 0 Å². The fourth-order valence-corrected chi connectivity index (χ4v) is 3.59. The molecule has 1 fully saturated rings. The topological polar surface area (TPSA) is 96.1 Å². The van der Waals surface area contributed by atoms with Crippen molar-refractivity contribution < 1.29 is 4.79 Å². The van der Waals surface area contributed by atoms with Crippen LogP contribution in [-0.4, -0.2) is 19.0 Å². The van der Waals surface area contributed by atoms with Crippen LogP contribution in [0.4, 0.5) is 10.7 Å². The van der Waals surface area contributed by atoms with E-state index in [-0.39, 0.29) is 16.0 Å². The fourth-order valence-electron chi connectivity index (χ4n) is 2.54. The number of nitriles is 1. The van der Waals surface area contributed by atoms with Gasteiger partial charge in [0, 0.05) is 13.1 Å². The molecule has 0 unspecified atom stereocenters. The zero-order chi connectivity index (χ0) is 14.2. The van der Waals surface area contributed by atoms with Crippen molar-refractivity contribution in [1.82, 2.24) is 0 Å². The highest BCUT2D eigenvalue weighted by Gasteiger charge is 2.30. The number of nitrogens with two attached hydrogens (primary N) is 2. The number of hydrogen-bond donors (Lipinski definition) is 2. The molecule has 1 aliphatic rings. The highest BCUT2D eigenvalue weighted by Crippen LogP contribution is 2.41. The number of hydrogen-bond acceptors (Lipinski definition) is 5. The first-order valence-corrected chi connectivity index (χ1v) is 7.04. The minimum absolute atomic E-state index is 0.205. The molecular formula is C13H18N4OS. The van der Waals surface area contributed by atoms with E-state index >= 15 is 0 Å². The Hall–Kier alpha value is -1.74. The summed E-state index contributed by atoms with van der Waals surface area (Å²) >= 11 is 1.23. The minimum Gasteiger partial charge on any atom is -0.396 e. The summed E-state index contributed by atoms with van der Waals surface area (Å²) in [5.41, 5.74) is 12.0. The Morgan fingerprint density at radius 3 is 2.74 bits per heavy atom. The Morgan fingerprint density at radius 1 is 1.53 bits per heavy atom. The Labute approximate surface area is 116 Å². The van der Waals surface area contributed by atoms with Gasteiger partial charge in [0.25, 0.3) is 5.91 Å². The van der Waals surface area contributed by atoms with Crippen LogP contribution >= 0.6 is 11.3 Å². The van der Waals surface area contributed by atoms with Crippen molar-refractivity contribution in [3.8, 4) is 6.07 Å². The van der Waals surface area contributed by atoms with E-state index in [0.717, 1.165) is 30.9 Å². The number of piperidine rings is 1. The maximum atomic E-state index is 11.3. The van der Waals surface area contributed by atoms with Gasteiger partial charge in [-0.2, -0.15) is 5.26 Å². The molecule has 0 spiro atoms. The molecule has 0 radical (unpaired) electrons. The van der Waals surface area contributed by atoms with Gasteiger partial charge in [0.15, 0.2) is 0 Å². The molecule has 6 heteroatoms. The summed E-state index contributed by atoms with van der Waals surface area (Å²) < 4.78 is 0. The molecule has 0 aromatic carbocycles. The van der Waals surface area contributed by atoms with Gasteiger partial charge in [0.1, 0.15) is 21.5 Å². The molecule has 1 amide bonds. The van der Waals surface area contributed by atoms with Gasteiger partial charge >= 0.3 is 0 Å². The second kappa shape index (κ2) is 4.74. The maximum absolute atomic E-state index is 11.3. The number of carbonyl (C=O) groups excluding carboxylic acids is 1. The predicted octanol–water partition coefficient (Wildman–Crippen LogP) is 1.93. The number of anilines is 2. The number of nitrogen functional groups attached to an aromatic ring is 1. The molecule has 0 aliphatic carbocycles. The van der Waals surface area contributed by atoms with Crippen LogP contribution in [0.25, 0.3) is 0 Å². The second-order valence-electron chi connectivity index (χ2n) is 5.69. The molecule has 2 rings (SSSR count). The van der Waals surface area contributed by atoms with Crippen molar-refractivity contribution in [1.29, 1.82) is 5.26 Å². The Morgan fingerprint density at radius 2 is 2.21 bits per heavy atom. The molecule has 102 valence electrons. The summed E-state index contributed by atoms with van der Waals surface area (Å²) in [6, 6.07) is 2.10. The number of carbonyl (C=O) groups is 1. The number of rotatable bonds is 2. The first kappa shape index (κ1) is 13.7. The molecule has 0 bridgehead atoms. The molecule has 4 N–H and O–H groups in total. The molecule has 5 nitrogen and oxygen atoms in total. The van der Waals surface area contributed by atoms with Crippen molar-refractivity contribution >= 4 is 27.9 Å². The van der Waals surface area contributed by atoms with Crippen LogP contribution in [0.15, 0.2) is 0 Å². The maximum Gasteiger partial charge on any atom is 0.261 e. The minimum atomic E-state index is -0.568. The molecule has 19 heavy (non-hydrogen) atoms. The molecule has 2 heterocycles. The molecule has 1 saturated heterocycles. The van der Waals surface area contributed by atoms with Gasteiger partial charge in [-0.15, -0.1) is 11.3 Å². The van der Waals surface area contributed by atoms with Crippen LogP contribution in [-0.2, 0) is 0 Å². The average molecular weight is 278 g/mol. The normalized spacial score (nSPS) is 18.1. The zero-order valence-corrected chi connectivity index (χ0v) is 12.0. The van der Waals surface area contributed by atoms with Crippen LogP contribution in [0.5, 0.6) is 0 Å². The van der Waals surface area contributed by atoms with E-state index in [0.29, 0.717) is 5.56 Å². The summed E-state index contributed by atoms with van der Waals surface area (Å²) in [7, 11) is 0. The Bertz CT molecular complexity index is 556. The van der Waals surface area contributed by atoms with E-state index in [9.17, 15) is 10.1 Å². The second-order valence-corrected chi connectivity index (χ2v) is 6.69. The lowest BCUT2D eigenvalue weighted by molar-refractivity contribution is 0.100. The monoisotopic (exact) mass is 278 g/mol. The number of primary amides is 1. The smallest absolute Gasteiger partial charge is 0.261 e. The molecule has 0 saturated carbocycles. The van der Waals surface area contributed by atoms with E-state index in [1.165, 1.54) is 11.3 Å². The van der Waals surface area contributed by atoms with Crippen molar-refractivity contribution in [2.24, 2.45) is 11.1 Å². The van der Waals surface area contributed by atoms with Crippen LogP contribution in [0, 0.1) is 16.7 Å². The third-order valence-corrected chi connectivity index (χ3v) is 4.73. The van der Waals surface area contributed by atoms with Crippen LogP contribution in [0.3, 0.4) is 0 Å². The lowest BCUT2D eigenvalue weighted by Crippen LogP contribution is -2.40.